The fourth-order valence-corrected chi connectivity index (χ4v) is 1.64. The summed E-state index contributed by atoms with van der Waals surface area (Å²) in [4.78, 5) is 10.3. The molecule has 0 aliphatic carbocycles. The van der Waals surface area contributed by atoms with E-state index in [9.17, 15) is 10.1 Å². The topological polar surface area (TPSA) is 81.2 Å². The Kier molecular flexibility index (Phi) is 3.27. The molecule has 0 atom stereocenters. The third-order valence-corrected chi connectivity index (χ3v) is 2.70. The van der Waals surface area contributed by atoms with Gasteiger partial charge in [0.25, 0.3) is 5.69 Å². The van der Waals surface area contributed by atoms with Crippen LogP contribution in [0.4, 0.5) is 11.4 Å². The van der Waals surface area contributed by atoms with E-state index in [0.717, 1.165) is 16.9 Å². The van der Waals surface area contributed by atoms with Crippen LogP contribution in [-0.2, 0) is 6.54 Å². The molecule has 6 heteroatoms. The van der Waals surface area contributed by atoms with Crippen molar-refractivity contribution in [3.8, 4) is 0 Å². The van der Waals surface area contributed by atoms with E-state index in [0.29, 0.717) is 12.1 Å². The molecule has 2 rings (SSSR count). The Balaban J connectivity index is 2.09. The van der Waals surface area contributed by atoms with Gasteiger partial charge in [-0.2, -0.15) is 0 Å². The number of aryl methyl sites for hydroxylation is 2. The normalized spacial score (nSPS) is 10.3. The van der Waals surface area contributed by atoms with Crippen LogP contribution >= 0.6 is 0 Å². The first kappa shape index (κ1) is 12.1. The van der Waals surface area contributed by atoms with E-state index in [2.05, 4.69) is 10.5 Å². The van der Waals surface area contributed by atoms with Crippen LogP contribution < -0.4 is 5.32 Å². The van der Waals surface area contributed by atoms with Crippen molar-refractivity contribution in [1.29, 1.82) is 0 Å². The summed E-state index contributed by atoms with van der Waals surface area (Å²) in [5.41, 5.74) is 3.37. The number of benzene rings is 1. The molecule has 0 saturated carbocycles. The molecule has 0 aliphatic rings. The zero-order chi connectivity index (χ0) is 13.1. The Morgan fingerprint density at radius 2 is 2.17 bits per heavy atom. The zero-order valence-corrected chi connectivity index (χ0v) is 10.1. The number of nitrogens with one attached hydrogen (secondary N) is 1. The molecule has 0 bridgehead atoms. The lowest BCUT2D eigenvalue weighted by Gasteiger charge is -2.06. The van der Waals surface area contributed by atoms with E-state index in [1.165, 1.54) is 6.07 Å². The summed E-state index contributed by atoms with van der Waals surface area (Å²) in [6, 6.07) is 4.92. The van der Waals surface area contributed by atoms with E-state index < -0.39 is 0 Å². The van der Waals surface area contributed by atoms with Gasteiger partial charge in [0, 0.05) is 22.9 Å². The highest BCUT2D eigenvalue weighted by Crippen LogP contribution is 2.22. The van der Waals surface area contributed by atoms with Gasteiger partial charge >= 0.3 is 0 Å². The maximum absolute atomic E-state index is 10.7. The first-order valence-corrected chi connectivity index (χ1v) is 5.46. The molecule has 94 valence electrons. The highest BCUT2D eigenvalue weighted by molar-refractivity contribution is 5.53. The van der Waals surface area contributed by atoms with Gasteiger partial charge in [0.05, 0.1) is 11.5 Å². The maximum Gasteiger partial charge on any atom is 0.272 e. The van der Waals surface area contributed by atoms with Crippen LogP contribution in [0.15, 0.2) is 29.0 Å². The van der Waals surface area contributed by atoms with Crippen molar-refractivity contribution >= 4 is 11.4 Å². The summed E-state index contributed by atoms with van der Waals surface area (Å²) < 4.78 is 4.83. The van der Waals surface area contributed by atoms with Gasteiger partial charge in [-0.3, -0.25) is 10.1 Å². The molecular formula is C12H13N3O3. The fourth-order valence-electron chi connectivity index (χ4n) is 1.64. The minimum atomic E-state index is -0.388. The Morgan fingerprint density at radius 1 is 1.39 bits per heavy atom. The molecule has 1 aromatic heterocycles. The number of nitrogens with zero attached hydrogens (tertiary/aromatic N) is 2. The predicted molar refractivity (Wildman–Crippen MR) is 66.4 cm³/mol. The first-order chi connectivity index (χ1) is 8.58. The lowest BCUT2D eigenvalue weighted by molar-refractivity contribution is -0.385. The minimum Gasteiger partial charge on any atom is -0.379 e. The Morgan fingerprint density at radius 3 is 2.72 bits per heavy atom. The number of anilines is 1. The fraction of sp³-hybridized carbons (Fsp3) is 0.250. The van der Waals surface area contributed by atoms with E-state index in [1.807, 2.05) is 6.92 Å². The van der Waals surface area contributed by atoms with Gasteiger partial charge in [0.2, 0.25) is 0 Å². The maximum atomic E-state index is 10.7. The van der Waals surface area contributed by atoms with Crippen LogP contribution in [0.1, 0.15) is 16.8 Å². The van der Waals surface area contributed by atoms with E-state index >= 15 is 0 Å². The molecule has 0 unspecified atom stereocenters. The number of nitro groups is 1. The molecule has 18 heavy (non-hydrogen) atoms. The molecule has 1 heterocycles. The molecule has 6 nitrogen and oxygen atoms in total. The molecule has 1 aromatic carbocycles. The van der Waals surface area contributed by atoms with Crippen molar-refractivity contribution in [2.75, 3.05) is 5.32 Å². The monoisotopic (exact) mass is 247 g/mol. The average Bonchev–Trinajstić information content (AvgIpc) is 2.72. The van der Waals surface area contributed by atoms with E-state index in [4.69, 9.17) is 4.52 Å². The van der Waals surface area contributed by atoms with Crippen molar-refractivity contribution in [2.45, 2.75) is 20.4 Å². The van der Waals surface area contributed by atoms with Crippen LogP contribution in [0.2, 0.25) is 0 Å². The van der Waals surface area contributed by atoms with Gasteiger partial charge in [-0.05, 0) is 26.0 Å². The highest BCUT2D eigenvalue weighted by Gasteiger charge is 2.10. The van der Waals surface area contributed by atoms with E-state index in [1.54, 1.807) is 25.3 Å². The number of aromatic nitrogens is 1. The quantitative estimate of drug-likeness (QED) is 0.663. The lowest BCUT2D eigenvalue weighted by atomic mass is 10.2. The van der Waals surface area contributed by atoms with Crippen LogP contribution in [0.5, 0.6) is 0 Å². The van der Waals surface area contributed by atoms with Gasteiger partial charge in [0.1, 0.15) is 12.0 Å². The summed E-state index contributed by atoms with van der Waals surface area (Å²) >= 11 is 0. The molecule has 0 amide bonds. The zero-order valence-electron chi connectivity index (χ0n) is 10.1. The first-order valence-electron chi connectivity index (χ1n) is 5.46. The second-order valence-electron chi connectivity index (χ2n) is 4.06. The molecule has 0 fully saturated rings. The van der Waals surface area contributed by atoms with Crippen molar-refractivity contribution in [3.05, 3.63) is 51.4 Å². The molecule has 0 saturated heterocycles. The molecular weight excluding hydrogens is 234 g/mol. The third kappa shape index (κ3) is 2.48. The Labute approximate surface area is 104 Å². The summed E-state index contributed by atoms with van der Waals surface area (Å²) in [5.74, 6) is 0. The summed E-state index contributed by atoms with van der Waals surface area (Å²) in [6.07, 6.45) is 1.58. The number of hydrogen-bond donors (Lipinski definition) is 1. The summed E-state index contributed by atoms with van der Waals surface area (Å²) in [5, 5.41) is 17.7. The second-order valence-corrected chi connectivity index (χ2v) is 4.06. The van der Waals surface area contributed by atoms with Gasteiger partial charge < -0.3 is 9.84 Å². The highest BCUT2D eigenvalue weighted by atomic mass is 16.6. The minimum absolute atomic E-state index is 0.123. The van der Waals surface area contributed by atoms with Gasteiger partial charge in [-0.25, -0.2) is 0 Å². The molecule has 0 spiro atoms. The molecule has 0 radical (unpaired) electrons. The van der Waals surface area contributed by atoms with Crippen molar-refractivity contribution in [1.82, 2.24) is 5.16 Å². The average molecular weight is 247 g/mol. The van der Waals surface area contributed by atoms with Crippen LogP contribution in [0.25, 0.3) is 0 Å². The van der Waals surface area contributed by atoms with Gasteiger partial charge in [0.15, 0.2) is 0 Å². The smallest absolute Gasteiger partial charge is 0.272 e. The van der Waals surface area contributed by atoms with Crippen LogP contribution in [0.3, 0.4) is 0 Å². The number of rotatable bonds is 4. The third-order valence-electron chi connectivity index (χ3n) is 2.70. The standard InChI is InChI=1S/C12H13N3O3/c1-8-5-10(3-4-12(8)15(16)17)13-6-11-9(2)7-18-14-11/h3-5,7,13H,6H2,1-2H3. The number of hydrogen-bond acceptors (Lipinski definition) is 5. The van der Waals surface area contributed by atoms with Crippen molar-refractivity contribution < 1.29 is 9.45 Å². The predicted octanol–water partition coefficient (Wildman–Crippen LogP) is 2.81. The Bertz CT molecular complexity index is 578. The van der Waals surface area contributed by atoms with Gasteiger partial charge in [-0.1, -0.05) is 5.16 Å². The second kappa shape index (κ2) is 4.87. The molecule has 0 aliphatic heterocycles. The van der Waals surface area contributed by atoms with Crippen LogP contribution in [0, 0.1) is 24.0 Å². The van der Waals surface area contributed by atoms with Crippen molar-refractivity contribution in [3.63, 3.8) is 0 Å². The number of nitro benzene ring substituents is 1. The summed E-state index contributed by atoms with van der Waals surface area (Å²) in [7, 11) is 0. The lowest BCUT2D eigenvalue weighted by Crippen LogP contribution is -2.02. The molecule has 1 N–H and O–H groups in total. The summed E-state index contributed by atoms with van der Waals surface area (Å²) in [6.45, 7) is 4.15. The molecule has 2 aromatic rings. The SMILES string of the molecule is Cc1cc(NCc2nocc2C)ccc1[N+](=O)[O-]. The van der Waals surface area contributed by atoms with Crippen molar-refractivity contribution in [2.24, 2.45) is 0 Å². The van der Waals surface area contributed by atoms with Gasteiger partial charge in [-0.15, -0.1) is 0 Å². The largest absolute Gasteiger partial charge is 0.379 e. The Hall–Kier alpha value is -2.37. The van der Waals surface area contributed by atoms with E-state index in [-0.39, 0.29) is 10.6 Å². The van der Waals surface area contributed by atoms with Crippen LogP contribution in [-0.4, -0.2) is 10.1 Å².